The predicted octanol–water partition coefficient (Wildman–Crippen LogP) is -1.11. The average Bonchev–Trinajstić information content (AvgIpc) is 2.24. The van der Waals surface area contributed by atoms with Gasteiger partial charge in [-0.2, -0.15) is 0 Å². The van der Waals surface area contributed by atoms with Crippen molar-refractivity contribution in [2.45, 2.75) is 0 Å². The van der Waals surface area contributed by atoms with Gasteiger partial charge in [0.05, 0.1) is 13.7 Å². The summed E-state index contributed by atoms with van der Waals surface area (Å²) < 4.78 is 4.29. The van der Waals surface area contributed by atoms with Gasteiger partial charge in [0.1, 0.15) is 13.1 Å². The van der Waals surface area contributed by atoms with E-state index in [4.69, 9.17) is 11.5 Å². The van der Waals surface area contributed by atoms with Crippen molar-refractivity contribution in [2.24, 2.45) is 0 Å². The maximum absolute atomic E-state index is 11.3. The summed E-state index contributed by atoms with van der Waals surface area (Å²) in [5, 5.41) is 10.7. The van der Waals surface area contributed by atoms with E-state index < -0.39 is 24.5 Å². The first-order chi connectivity index (χ1) is 7.51. The van der Waals surface area contributed by atoms with Gasteiger partial charge in [-0.1, -0.05) is 5.92 Å². The fourth-order valence-corrected chi connectivity index (χ4v) is 0.805. The number of urea groups is 1. The number of hydrogen-bond donors (Lipinski definition) is 2. The molecule has 7 heteroatoms. The van der Waals surface area contributed by atoms with Crippen LogP contribution >= 0.6 is 0 Å². The van der Waals surface area contributed by atoms with Crippen molar-refractivity contribution in [3.05, 3.63) is 0 Å². The Hall–Kier alpha value is -2.23. The van der Waals surface area contributed by atoms with Crippen molar-refractivity contribution >= 4 is 18.0 Å². The second kappa shape index (κ2) is 7.11. The van der Waals surface area contributed by atoms with Gasteiger partial charge < -0.3 is 20.1 Å². The average molecular weight is 228 g/mol. The molecule has 7 nitrogen and oxygen atoms in total. The fraction of sp³-hybridized carbons (Fsp3) is 0.444. The Kier molecular flexibility index (Phi) is 6.12. The molecule has 0 fully saturated rings. The molecule has 0 aromatic rings. The topological polar surface area (TPSA) is 95.9 Å². The van der Waals surface area contributed by atoms with Crippen LogP contribution < -0.4 is 5.32 Å². The number of amides is 2. The van der Waals surface area contributed by atoms with Crippen LogP contribution in [0.25, 0.3) is 0 Å². The molecule has 0 unspecified atom stereocenters. The minimum Gasteiger partial charge on any atom is -0.480 e. The van der Waals surface area contributed by atoms with Gasteiger partial charge in [-0.15, -0.1) is 6.42 Å². The highest BCUT2D eigenvalue weighted by Gasteiger charge is 2.16. The Morgan fingerprint density at radius 3 is 2.56 bits per heavy atom. The standard InChI is InChI=1S/C9H12N2O5/c1-3-4-11(6-7(12)13)9(15)10-5-8(14)16-2/h1H,4-6H2,2H3,(H,10,15)(H,12,13). The Balaban J connectivity index is 4.22. The number of rotatable bonds is 5. The van der Waals surface area contributed by atoms with E-state index in [-0.39, 0.29) is 13.1 Å². The number of terminal acetylenes is 1. The molecule has 0 aliphatic carbocycles. The molecule has 0 heterocycles. The summed E-state index contributed by atoms with van der Waals surface area (Å²) in [6.07, 6.45) is 4.97. The van der Waals surface area contributed by atoms with Crippen molar-refractivity contribution in [1.82, 2.24) is 10.2 Å². The lowest BCUT2D eigenvalue weighted by molar-refractivity contribution is -0.139. The zero-order valence-corrected chi connectivity index (χ0v) is 8.73. The number of carbonyl (C=O) groups excluding carboxylic acids is 2. The minimum atomic E-state index is -1.19. The molecule has 0 atom stereocenters. The third-order valence-electron chi connectivity index (χ3n) is 1.51. The van der Waals surface area contributed by atoms with Crippen molar-refractivity contribution in [2.75, 3.05) is 26.7 Å². The number of ether oxygens (including phenoxy) is 1. The summed E-state index contributed by atoms with van der Waals surface area (Å²) in [4.78, 5) is 33.3. The van der Waals surface area contributed by atoms with Crippen LogP contribution in [0.5, 0.6) is 0 Å². The molecule has 0 aliphatic rings. The second-order valence-corrected chi connectivity index (χ2v) is 2.69. The Bertz CT molecular complexity index is 320. The molecular weight excluding hydrogens is 216 g/mol. The number of hydrogen-bond acceptors (Lipinski definition) is 4. The maximum Gasteiger partial charge on any atom is 0.325 e. The Morgan fingerprint density at radius 1 is 1.50 bits per heavy atom. The number of carboxylic acid groups (broad SMARTS) is 1. The monoisotopic (exact) mass is 228 g/mol. The van der Waals surface area contributed by atoms with E-state index in [1.54, 1.807) is 0 Å². The number of methoxy groups -OCH3 is 1. The molecule has 0 spiro atoms. The van der Waals surface area contributed by atoms with Crippen molar-refractivity contribution in [3.63, 3.8) is 0 Å². The fourth-order valence-electron chi connectivity index (χ4n) is 0.805. The van der Waals surface area contributed by atoms with E-state index >= 15 is 0 Å². The zero-order chi connectivity index (χ0) is 12.6. The highest BCUT2D eigenvalue weighted by molar-refractivity contribution is 5.83. The predicted molar refractivity (Wildman–Crippen MR) is 53.5 cm³/mol. The van der Waals surface area contributed by atoms with Crippen LogP contribution in [-0.2, 0) is 14.3 Å². The van der Waals surface area contributed by atoms with Gasteiger partial charge in [0.25, 0.3) is 0 Å². The van der Waals surface area contributed by atoms with Crippen molar-refractivity contribution < 1.29 is 24.2 Å². The summed E-state index contributed by atoms with van der Waals surface area (Å²) in [5.41, 5.74) is 0. The number of aliphatic carboxylic acids is 1. The quantitative estimate of drug-likeness (QED) is 0.459. The molecular formula is C9H12N2O5. The van der Waals surface area contributed by atoms with Gasteiger partial charge in [-0.25, -0.2) is 4.79 Å². The smallest absolute Gasteiger partial charge is 0.325 e. The number of carbonyl (C=O) groups is 3. The molecule has 0 bridgehead atoms. The molecule has 88 valence electrons. The third kappa shape index (κ3) is 5.49. The Labute approximate surface area is 92.4 Å². The minimum absolute atomic E-state index is 0.153. The molecule has 2 N–H and O–H groups in total. The number of esters is 1. The van der Waals surface area contributed by atoms with Gasteiger partial charge in [-0.3, -0.25) is 9.59 Å². The zero-order valence-electron chi connectivity index (χ0n) is 8.73. The first kappa shape index (κ1) is 13.8. The molecule has 16 heavy (non-hydrogen) atoms. The van der Waals surface area contributed by atoms with Crippen LogP contribution in [0.1, 0.15) is 0 Å². The van der Waals surface area contributed by atoms with Crippen LogP contribution in [0, 0.1) is 12.3 Å². The van der Waals surface area contributed by atoms with Crippen LogP contribution in [-0.4, -0.2) is 54.7 Å². The SMILES string of the molecule is C#CCN(CC(=O)O)C(=O)NCC(=O)OC. The van der Waals surface area contributed by atoms with Crippen LogP contribution in [0.2, 0.25) is 0 Å². The number of nitrogens with zero attached hydrogens (tertiary/aromatic N) is 1. The molecule has 0 rings (SSSR count). The van der Waals surface area contributed by atoms with Gasteiger partial charge >= 0.3 is 18.0 Å². The summed E-state index contributed by atoms with van der Waals surface area (Å²) in [7, 11) is 1.17. The molecule has 0 saturated carbocycles. The van der Waals surface area contributed by atoms with Crippen LogP contribution in [0.3, 0.4) is 0 Å². The number of carboxylic acids is 1. The summed E-state index contributed by atoms with van der Waals surface area (Å²) in [6.45, 7) is -1.02. The normalized spacial score (nSPS) is 8.75. The van der Waals surface area contributed by atoms with Crippen molar-refractivity contribution in [1.29, 1.82) is 0 Å². The summed E-state index contributed by atoms with van der Waals surface area (Å²) >= 11 is 0. The molecule has 0 saturated heterocycles. The third-order valence-corrected chi connectivity index (χ3v) is 1.51. The molecule has 0 aromatic heterocycles. The van der Waals surface area contributed by atoms with Crippen LogP contribution in [0.4, 0.5) is 4.79 Å². The lowest BCUT2D eigenvalue weighted by atomic mass is 10.5. The van der Waals surface area contributed by atoms with Gasteiger partial charge in [0.2, 0.25) is 0 Å². The van der Waals surface area contributed by atoms with E-state index in [0.29, 0.717) is 0 Å². The van der Waals surface area contributed by atoms with Gasteiger partial charge in [0, 0.05) is 0 Å². The molecule has 0 aliphatic heterocycles. The second-order valence-electron chi connectivity index (χ2n) is 2.69. The molecule has 2 amide bonds. The lowest BCUT2D eigenvalue weighted by Gasteiger charge is -2.17. The summed E-state index contributed by atoms with van der Waals surface area (Å²) in [5.74, 6) is 0.315. The van der Waals surface area contributed by atoms with Crippen molar-refractivity contribution in [3.8, 4) is 12.3 Å². The van der Waals surface area contributed by atoms with Gasteiger partial charge in [-0.05, 0) is 0 Å². The highest BCUT2D eigenvalue weighted by atomic mass is 16.5. The lowest BCUT2D eigenvalue weighted by Crippen LogP contribution is -2.44. The Morgan fingerprint density at radius 2 is 2.12 bits per heavy atom. The van der Waals surface area contributed by atoms with E-state index in [0.717, 1.165) is 4.90 Å². The maximum atomic E-state index is 11.3. The highest BCUT2D eigenvalue weighted by Crippen LogP contribution is 1.89. The van der Waals surface area contributed by atoms with E-state index in [2.05, 4.69) is 16.0 Å². The van der Waals surface area contributed by atoms with E-state index in [1.165, 1.54) is 7.11 Å². The first-order valence-electron chi connectivity index (χ1n) is 4.26. The largest absolute Gasteiger partial charge is 0.480 e. The molecule has 0 radical (unpaired) electrons. The number of nitrogens with one attached hydrogen (secondary N) is 1. The molecule has 0 aromatic carbocycles. The first-order valence-corrected chi connectivity index (χ1v) is 4.26. The van der Waals surface area contributed by atoms with Gasteiger partial charge in [0.15, 0.2) is 0 Å². The van der Waals surface area contributed by atoms with E-state index in [1.807, 2.05) is 0 Å². The van der Waals surface area contributed by atoms with E-state index in [9.17, 15) is 14.4 Å². The summed E-state index contributed by atoms with van der Waals surface area (Å²) in [6, 6.07) is -0.731. The van der Waals surface area contributed by atoms with Crippen LogP contribution in [0.15, 0.2) is 0 Å².